The Labute approximate surface area is 149 Å². The maximum atomic E-state index is 10.2. The van der Waals surface area contributed by atoms with Crippen molar-refractivity contribution in [2.45, 2.75) is 38.5 Å². The third-order valence-electron chi connectivity index (χ3n) is 3.84. The topological polar surface area (TPSA) is 87.4 Å². The molecule has 2 atom stereocenters. The molecule has 1 aliphatic rings. The van der Waals surface area contributed by atoms with Gasteiger partial charge in [-0.25, -0.2) is 9.67 Å². The molecule has 0 spiro atoms. The van der Waals surface area contributed by atoms with Crippen molar-refractivity contribution >= 4 is 28.9 Å². The summed E-state index contributed by atoms with van der Waals surface area (Å²) in [5, 5.41) is 21.1. The largest absolute Gasteiger partial charge is 0.386 e. The average Bonchev–Trinajstić information content (AvgIpc) is 3.20. The van der Waals surface area contributed by atoms with Crippen molar-refractivity contribution in [1.82, 2.24) is 25.4 Å². The van der Waals surface area contributed by atoms with E-state index in [-0.39, 0.29) is 12.6 Å². The van der Waals surface area contributed by atoms with Gasteiger partial charge >= 0.3 is 0 Å². The fourth-order valence-corrected chi connectivity index (χ4v) is 3.68. The van der Waals surface area contributed by atoms with Gasteiger partial charge < -0.3 is 15.7 Å². The highest BCUT2D eigenvalue weighted by molar-refractivity contribution is 7.16. The van der Waals surface area contributed by atoms with Gasteiger partial charge in [0.2, 0.25) is 0 Å². The number of nitrogens with zero attached hydrogens (tertiary/aromatic N) is 4. The van der Waals surface area contributed by atoms with E-state index in [2.05, 4.69) is 25.7 Å². The Hall–Kier alpha value is -1.64. The zero-order valence-corrected chi connectivity index (χ0v) is 15.0. The third-order valence-corrected chi connectivity index (χ3v) is 5.17. The van der Waals surface area contributed by atoms with E-state index >= 15 is 0 Å². The summed E-state index contributed by atoms with van der Waals surface area (Å²) in [5.74, 6) is 1.73. The molecule has 0 aromatic carbocycles. The van der Waals surface area contributed by atoms with Crippen LogP contribution < -0.4 is 10.6 Å². The molecule has 2 unspecified atom stereocenters. The highest BCUT2D eigenvalue weighted by atomic mass is 35.5. The van der Waals surface area contributed by atoms with Crippen LogP contribution >= 0.6 is 22.9 Å². The summed E-state index contributed by atoms with van der Waals surface area (Å²) in [6, 6.07) is 3.86. The van der Waals surface area contributed by atoms with E-state index in [1.54, 1.807) is 12.4 Å². The van der Waals surface area contributed by atoms with Gasteiger partial charge in [0.05, 0.1) is 17.4 Å². The summed E-state index contributed by atoms with van der Waals surface area (Å²) in [6.45, 7) is 3.83. The number of hydrogen-bond acceptors (Lipinski definition) is 5. The van der Waals surface area contributed by atoms with Crippen molar-refractivity contribution < 1.29 is 5.11 Å². The van der Waals surface area contributed by atoms with E-state index < -0.39 is 6.10 Å². The van der Waals surface area contributed by atoms with Crippen LogP contribution in [0.4, 0.5) is 0 Å². The van der Waals surface area contributed by atoms with Crippen LogP contribution in [0, 0.1) is 0 Å². The maximum Gasteiger partial charge on any atom is 0.191 e. The van der Waals surface area contributed by atoms with Gasteiger partial charge in [-0.2, -0.15) is 5.10 Å². The van der Waals surface area contributed by atoms with Gasteiger partial charge in [-0.3, -0.25) is 4.99 Å². The number of nitrogens with one attached hydrogen (secondary N) is 2. The second-order valence-corrected chi connectivity index (χ2v) is 7.36. The van der Waals surface area contributed by atoms with E-state index in [0.717, 1.165) is 36.6 Å². The molecular formula is C15H21ClN6OS. The molecule has 3 heterocycles. The van der Waals surface area contributed by atoms with E-state index in [1.165, 1.54) is 11.3 Å². The lowest BCUT2D eigenvalue weighted by molar-refractivity contribution is 0.191. The van der Waals surface area contributed by atoms with Gasteiger partial charge in [0.1, 0.15) is 18.3 Å². The molecular weight excluding hydrogens is 348 g/mol. The molecule has 0 fully saturated rings. The minimum absolute atomic E-state index is 0.241. The molecule has 1 aliphatic heterocycles. The first-order valence-corrected chi connectivity index (χ1v) is 9.20. The number of aliphatic hydroxyl groups excluding tert-OH is 1. The minimum atomic E-state index is -0.647. The number of halogens is 1. The molecule has 3 rings (SSSR count). The highest BCUT2D eigenvalue weighted by Gasteiger charge is 2.20. The number of fused-ring (bicyclic) bond motifs is 1. The van der Waals surface area contributed by atoms with Gasteiger partial charge in [-0.15, -0.1) is 11.3 Å². The van der Waals surface area contributed by atoms with Crippen molar-refractivity contribution in [2.75, 3.05) is 13.1 Å². The molecule has 7 nitrogen and oxygen atoms in total. The van der Waals surface area contributed by atoms with Crippen LogP contribution in [0.15, 0.2) is 23.5 Å². The van der Waals surface area contributed by atoms with Crippen LogP contribution in [0.2, 0.25) is 4.34 Å². The van der Waals surface area contributed by atoms with Crippen LogP contribution in [-0.4, -0.2) is 45.0 Å². The number of guanidine groups is 1. The summed E-state index contributed by atoms with van der Waals surface area (Å²) < 4.78 is 2.59. The summed E-state index contributed by atoms with van der Waals surface area (Å²) in [4.78, 5) is 9.56. The number of hydrogen-bond donors (Lipinski definition) is 3. The number of rotatable bonds is 5. The molecule has 9 heteroatoms. The minimum Gasteiger partial charge on any atom is -0.386 e. The van der Waals surface area contributed by atoms with Crippen LogP contribution in [0.3, 0.4) is 0 Å². The molecule has 3 N–H and O–H groups in total. The van der Waals surface area contributed by atoms with E-state index in [1.807, 2.05) is 17.7 Å². The second-order valence-electron chi connectivity index (χ2n) is 5.62. The zero-order chi connectivity index (χ0) is 16.9. The van der Waals surface area contributed by atoms with Crippen LogP contribution in [0.5, 0.6) is 0 Å². The first-order chi connectivity index (χ1) is 11.7. The molecule has 0 aliphatic carbocycles. The average molecular weight is 369 g/mol. The Morgan fingerprint density at radius 3 is 3.21 bits per heavy atom. The predicted octanol–water partition coefficient (Wildman–Crippen LogP) is 1.60. The van der Waals surface area contributed by atoms with Crippen molar-refractivity contribution in [1.29, 1.82) is 0 Å². The normalized spacial score (nSPS) is 19.0. The van der Waals surface area contributed by atoms with Crippen LogP contribution in [0.25, 0.3) is 0 Å². The molecule has 0 amide bonds. The van der Waals surface area contributed by atoms with Crippen molar-refractivity contribution in [3.8, 4) is 0 Å². The van der Waals surface area contributed by atoms with E-state index in [0.29, 0.717) is 10.3 Å². The lowest BCUT2D eigenvalue weighted by atomic mass is 10.1. The molecule has 0 saturated carbocycles. The fourth-order valence-electron chi connectivity index (χ4n) is 2.64. The zero-order valence-electron chi connectivity index (χ0n) is 13.4. The monoisotopic (exact) mass is 368 g/mol. The van der Waals surface area contributed by atoms with Gasteiger partial charge in [0.25, 0.3) is 0 Å². The second kappa shape index (κ2) is 7.96. The highest BCUT2D eigenvalue weighted by Crippen LogP contribution is 2.26. The number of aromatic nitrogens is 3. The van der Waals surface area contributed by atoms with E-state index in [4.69, 9.17) is 11.6 Å². The predicted molar refractivity (Wildman–Crippen MR) is 95.5 cm³/mol. The molecule has 0 radical (unpaired) electrons. The summed E-state index contributed by atoms with van der Waals surface area (Å²) in [7, 11) is 0. The van der Waals surface area contributed by atoms with Gasteiger partial charge in [0.15, 0.2) is 5.96 Å². The van der Waals surface area contributed by atoms with Gasteiger partial charge in [-0.05, 0) is 25.5 Å². The third kappa shape index (κ3) is 4.25. The Balaban J connectivity index is 1.59. The Morgan fingerprint density at radius 1 is 1.58 bits per heavy atom. The number of thiophene rings is 1. The summed E-state index contributed by atoms with van der Waals surface area (Å²) in [6.07, 6.45) is 2.82. The molecule has 2 aromatic rings. The Bertz CT molecular complexity index is 700. The number of aliphatic hydroxyl groups is 1. The number of aryl methyl sites for hydroxylation is 1. The standard InChI is InChI=1S/C15H21ClN6OS/c1-2-17-15(18-7-11(23)12-4-5-13(16)24-12)21-10-3-6-14-19-9-20-22(14)8-10/h4-5,9-11,23H,2-3,6-8H2,1H3,(H2,17,18,21). The van der Waals surface area contributed by atoms with Crippen molar-refractivity contribution in [3.05, 3.63) is 33.5 Å². The summed E-state index contributed by atoms with van der Waals surface area (Å²) >= 11 is 7.29. The fraction of sp³-hybridized carbons (Fsp3) is 0.533. The van der Waals surface area contributed by atoms with Crippen molar-refractivity contribution in [3.63, 3.8) is 0 Å². The Morgan fingerprint density at radius 2 is 2.46 bits per heavy atom. The molecule has 130 valence electrons. The first kappa shape index (κ1) is 17.2. The summed E-state index contributed by atoms with van der Waals surface area (Å²) in [5.41, 5.74) is 0. The lowest BCUT2D eigenvalue weighted by Gasteiger charge is -2.25. The van der Waals surface area contributed by atoms with Crippen LogP contribution in [-0.2, 0) is 13.0 Å². The molecule has 0 saturated heterocycles. The van der Waals surface area contributed by atoms with E-state index in [9.17, 15) is 5.11 Å². The SMILES string of the molecule is CCNC(=NCC(O)c1ccc(Cl)s1)NC1CCc2ncnn2C1. The van der Waals surface area contributed by atoms with Gasteiger partial charge in [-0.1, -0.05) is 11.6 Å². The molecule has 0 bridgehead atoms. The molecule has 24 heavy (non-hydrogen) atoms. The first-order valence-electron chi connectivity index (χ1n) is 8.00. The quantitative estimate of drug-likeness (QED) is 0.551. The smallest absolute Gasteiger partial charge is 0.191 e. The molecule has 2 aromatic heterocycles. The lowest BCUT2D eigenvalue weighted by Crippen LogP contribution is -2.47. The van der Waals surface area contributed by atoms with Crippen molar-refractivity contribution in [2.24, 2.45) is 4.99 Å². The maximum absolute atomic E-state index is 10.2. The van der Waals surface area contributed by atoms with Gasteiger partial charge in [0, 0.05) is 23.9 Å². The Kier molecular flexibility index (Phi) is 5.70. The van der Waals surface area contributed by atoms with Crippen LogP contribution in [0.1, 0.15) is 30.2 Å². The number of aliphatic imine (C=N–C) groups is 1.